The molecule has 2 aliphatic heterocycles. The molecule has 0 spiro atoms. The first-order valence-electron chi connectivity index (χ1n) is 5.17. The predicted octanol–water partition coefficient (Wildman–Crippen LogP) is 1.26. The van der Waals surface area contributed by atoms with E-state index in [1.165, 1.54) is 25.8 Å². The fraction of sp³-hybridized carbons (Fsp3) is 0.818. The summed E-state index contributed by atoms with van der Waals surface area (Å²) < 4.78 is 5.68. The first kappa shape index (κ1) is 9.05. The molecule has 2 saturated heterocycles. The monoisotopic (exact) mass is 179 g/mol. The summed E-state index contributed by atoms with van der Waals surface area (Å²) in [5, 5.41) is 0. The molecule has 2 atom stereocenters. The summed E-state index contributed by atoms with van der Waals surface area (Å²) in [7, 11) is 0. The van der Waals surface area contributed by atoms with Crippen LogP contribution in [0.25, 0.3) is 0 Å². The van der Waals surface area contributed by atoms with E-state index < -0.39 is 0 Å². The Morgan fingerprint density at radius 1 is 1.46 bits per heavy atom. The van der Waals surface area contributed by atoms with Crippen molar-refractivity contribution in [1.29, 1.82) is 0 Å². The van der Waals surface area contributed by atoms with Crippen LogP contribution in [-0.4, -0.2) is 36.7 Å². The summed E-state index contributed by atoms with van der Waals surface area (Å²) in [6.45, 7) is 5.00. The lowest BCUT2D eigenvalue weighted by Crippen LogP contribution is -2.45. The zero-order valence-electron chi connectivity index (χ0n) is 8.25. The highest BCUT2D eigenvalue weighted by Gasteiger charge is 2.35. The van der Waals surface area contributed by atoms with Crippen molar-refractivity contribution in [3.8, 4) is 11.8 Å². The Kier molecular flexibility index (Phi) is 2.87. The van der Waals surface area contributed by atoms with Crippen LogP contribution >= 0.6 is 0 Å². The minimum absolute atomic E-state index is 0.507. The third-order valence-electron chi connectivity index (χ3n) is 3.04. The number of piperidine rings is 1. The van der Waals surface area contributed by atoms with E-state index in [9.17, 15) is 0 Å². The van der Waals surface area contributed by atoms with Gasteiger partial charge in [0.1, 0.15) is 0 Å². The van der Waals surface area contributed by atoms with Crippen molar-refractivity contribution in [2.45, 2.75) is 38.3 Å². The lowest BCUT2D eigenvalue weighted by molar-refractivity contribution is 0.0323. The van der Waals surface area contributed by atoms with Crippen LogP contribution in [0.1, 0.15) is 26.2 Å². The summed E-state index contributed by atoms with van der Waals surface area (Å²) in [6.07, 6.45) is 4.23. The third kappa shape index (κ3) is 1.87. The van der Waals surface area contributed by atoms with Crippen LogP contribution < -0.4 is 0 Å². The SMILES string of the molecule is CC#CCN1CCCC2OCCC21. The van der Waals surface area contributed by atoms with Gasteiger partial charge in [0.05, 0.1) is 12.6 Å². The van der Waals surface area contributed by atoms with Gasteiger partial charge in [-0.2, -0.15) is 0 Å². The van der Waals surface area contributed by atoms with Gasteiger partial charge in [0.2, 0.25) is 0 Å². The van der Waals surface area contributed by atoms with E-state index in [0.717, 1.165) is 13.2 Å². The van der Waals surface area contributed by atoms with Crippen molar-refractivity contribution in [1.82, 2.24) is 4.90 Å². The number of fused-ring (bicyclic) bond motifs is 1. The zero-order chi connectivity index (χ0) is 9.10. The molecule has 72 valence electrons. The van der Waals surface area contributed by atoms with E-state index in [0.29, 0.717) is 12.1 Å². The summed E-state index contributed by atoms with van der Waals surface area (Å²) in [6, 6.07) is 0.662. The normalized spacial score (nSPS) is 33.6. The van der Waals surface area contributed by atoms with Crippen molar-refractivity contribution in [3.05, 3.63) is 0 Å². The van der Waals surface area contributed by atoms with Crippen LogP contribution in [0, 0.1) is 11.8 Å². The minimum Gasteiger partial charge on any atom is -0.377 e. The van der Waals surface area contributed by atoms with Crippen LogP contribution in [0.4, 0.5) is 0 Å². The molecule has 0 N–H and O–H groups in total. The molecule has 2 fully saturated rings. The fourth-order valence-corrected chi connectivity index (χ4v) is 2.37. The molecular formula is C11H17NO. The Labute approximate surface area is 80.2 Å². The van der Waals surface area contributed by atoms with Gasteiger partial charge in [-0.1, -0.05) is 5.92 Å². The Hall–Kier alpha value is -0.520. The summed E-state index contributed by atoms with van der Waals surface area (Å²) in [5.74, 6) is 6.11. The Bertz CT molecular complexity index is 228. The molecule has 0 radical (unpaired) electrons. The summed E-state index contributed by atoms with van der Waals surface area (Å²) in [5.41, 5.74) is 0. The first-order valence-corrected chi connectivity index (χ1v) is 5.17. The number of rotatable bonds is 1. The lowest BCUT2D eigenvalue weighted by atomic mass is 9.99. The highest BCUT2D eigenvalue weighted by atomic mass is 16.5. The van der Waals surface area contributed by atoms with Crippen LogP contribution in [0.2, 0.25) is 0 Å². The molecule has 0 aliphatic carbocycles. The molecule has 2 rings (SSSR count). The van der Waals surface area contributed by atoms with Crippen molar-refractivity contribution in [3.63, 3.8) is 0 Å². The van der Waals surface area contributed by atoms with Gasteiger partial charge >= 0.3 is 0 Å². The van der Waals surface area contributed by atoms with E-state index in [1.807, 2.05) is 6.92 Å². The second-order valence-electron chi connectivity index (χ2n) is 3.80. The topological polar surface area (TPSA) is 12.5 Å². The fourth-order valence-electron chi connectivity index (χ4n) is 2.37. The minimum atomic E-state index is 0.507. The van der Waals surface area contributed by atoms with Crippen molar-refractivity contribution in [2.75, 3.05) is 19.7 Å². The van der Waals surface area contributed by atoms with Gasteiger partial charge < -0.3 is 4.74 Å². The van der Waals surface area contributed by atoms with Gasteiger partial charge in [0, 0.05) is 12.6 Å². The third-order valence-corrected chi connectivity index (χ3v) is 3.04. The highest BCUT2D eigenvalue weighted by Crippen LogP contribution is 2.27. The molecular weight excluding hydrogens is 162 g/mol. The van der Waals surface area contributed by atoms with Gasteiger partial charge in [0.15, 0.2) is 0 Å². The van der Waals surface area contributed by atoms with Crippen LogP contribution in [-0.2, 0) is 4.74 Å². The number of hydrogen-bond acceptors (Lipinski definition) is 2. The summed E-state index contributed by atoms with van der Waals surface area (Å²) in [4.78, 5) is 2.48. The number of ether oxygens (including phenoxy) is 1. The molecule has 0 aromatic carbocycles. The molecule has 0 bridgehead atoms. The van der Waals surface area contributed by atoms with E-state index >= 15 is 0 Å². The molecule has 0 aromatic rings. The molecule has 0 amide bonds. The molecule has 2 aliphatic rings. The average Bonchev–Trinajstić information content (AvgIpc) is 2.62. The molecule has 2 nitrogen and oxygen atoms in total. The standard InChI is InChI=1S/C11H17NO/c1-2-3-7-12-8-4-5-11-10(12)6-9-13-11/h10-11H,4-9H2,1H3. The van der Waals surface area contributed by atoms with Gasteiger partial charge in [-0.05, 0) is 32.7 Å². The average molecular weight is 179 g/mol. The Morgan fingerprint density at radius 3 is 3.23 bits per heavy atom. The maximum absolute atomic E-state index is 5.68. The smallest absolute Gasteiger partial charge is 0.0731 e. The molecule has 2 unspecified atom stereocenters. The lowest BCUT2D eigenvalue weighted by Gasteiger charge is -2.35. The van der Waals surface area contributed by atoms with Crippen LogP contribution in [0.3, 0.4) is 0 Å². The molecule has 2 heteroatoms. The number of likely N-dealkylation sites (tertiary alicyclic amines) is 1. The van der Waals surface area contributed by atoms with Gasteiger partial charge in [-0.25, -0.2) is 0 Å². The quantitative estimate of drug-likeness (QED) is 0.562. The highest BCUT2D eigenvalue weighted by molar-refractivity contribution is 5.01. The van der Waals surface area contributed by atoms with Crippen LogP contribution in [0.5, 0.6) is 0 Å². The first-order chi connectivity index (χ1) is 6.42. The van der Waals surface area contributed by atoms with Gasteiger partial charge in [0.25, 0.3) is 0 Å². The molecule has 2 heterocycles. The van der Waals surface area contributed by atoms with Crippen molar-refractivity contribution in [2.24, 2.45) is 0 Å². The van der Waals surface area contributed by atoms with Crippen molar-refractivity contribution >= 4 is 0 Å². The largest absolute Gasteiger partial charge is 0.377 e. The number of hydrogen-bond donors (Lipinski definition) is 0. The summed E-state index contributed by atoms with van der Waals surface area (Å²) >= 11 is 0. The van der Waals surface area contributed by atoms with E-state index in [2.05, 4.69) is 16.7 Å². The number of nitrogens with zero attached hydrogens (tertiary/aromatic N) is 1. The van der Waals surface area contributed by atoms with E-state index in [1.54, 1.807) is 0 Å². The zero-order valence-corrected chi connectivity index (χ0v) is 8.25. The molecule has 0 saturated carbocycles. The second-order valence-corrected chi connectivity index (χ2v) is 3.80. The maximum atomic E-state index is 5.68. The Morgan fingerprint density at radius 2 is 2.38 bits per heavy atom. The van der Waals surface area contributed by atoms with Crippen LogP contribution in [0.15, 0.2) is 0 Å². The van der Waals surface area contributed by atoms with E-state index in [4.69, 9.17) is 4.74 Å². The predicted molar refractivity (Wildman–Crippen MR) is 52.4 cm³/mol. The Balaban J connectivity index is 1.96. The van der Waals surface area contributed by atoms with Crippen molar-refractivity contribution < 1.29 is 4.74 Å². The van der Waals surface area contributed by atoms with Gasteiger partial charge in [-0.15, -0.1) is 5.92 Å². The second kappa shape index (κ2) is 4.13. The maximum Gasteiger partial charge on any atom is 0.0731 e. The molecule has 13 heavy (non-hydrogen) atoms. The van der Waals surface area contributed by atoms with Gasteiger partial charge in [-0.3, -0.25) is 4.90 Å². The molecule has 0 aromatic heterocycles. The van der Waals surface area contributed by atoms with E-state index in [-0.39, 0.29) is 0 Å².